The summed E-state index contributed by atoms with van der Waals surface area (Å²) in [5.41, 5.74) is 3.41. The van der Waals surface area contributed by atoms with Gasteiger partial charge in [-0.2, -0.15) is 5.26 Å². The van der Waals surface area contributed by atoms with Gasteiger partial charge >= 0.3 is 0 Å². The average molecular weight is 281 g/mol. The van der Waals surface area contributed by atoms with E-state index in [4.69, 9.17) is 4.74 Å². The molecule has 0 atom stereocenters. The molecule has 3 rings (SSSR count). The number of nitriles is 1. The van der Waals surface area contributed by atoms with Crippen molar-refractivity contribution in [1.82, 2.24) is 15.0 Å². The Morgan fingerprint density at radius 1 is 1.38 bits per heavy atom. The first-order valence-corrected chi connectivity index (χ1v) is 6.78. The van der Waals surface area contributed by atoms with Crippen LogP contribution in [0.4, 0.5) is 5.69 Å². The van der Waals surface area contributed by atoms with Crippen LogP contribution in [-0.4, -0.2) is 22.1 Å². The van der Waals surface area contributed by atoms with E-state index < -0.39 is 0 Å². The van der Waals surface area contributed by atoms with Crippen LogP contribution in [0.5, 0.6) is 5.88 Å². The predicted octanol–water partition coefficient (Wildman–Crippen LogP) is 1.83. The third kappa shape index (κ3) is 2.27. The number of ether oxygens (including phenoxy) is 1. The van der Waals surface area contributed by atoms with Gasteiger partial charge in [0.15, 0.2) is 0 Å². The molecule has 0 aromatic carbocycles. The van der Waals surface area contributed by atoms with Gasteiger partial charge in [0, 0.05) is 30.9 Å². The Balaban J connectivity index is 1.96. The number of fused-ring (bicyclic) bond motifs is 1. The number of rotatable bonds is 3. The van der Waals surface area contributed by atoms with E-state index in [0.717, 1.165) is 29.2 Å². The topological polar surface area (TPSA) is 74.9 Å². The van der Waals surface area contributed by atoms with E-state index in [0.29, 0.717) is 24.5 Å². The fourth-order valence-corrected chi connectivity index (χ4v) is 2.49. The fraction of sp³-hybridized carbons (Fsp3) is 0.333. The van der Waals surface area contributed by atoms with Gasteiger partial charge in [0.1, 0.15) is 17.5 Å². The first-order chi connectivity index (χ1) is 10.3. The molecule has 0 aliphatic carbocycles. The second-order valence-corrected chi connectivity index (χ2v) is 4.79. The minimum Gasteiger partial charge on any atom is -0.480 e. The molecule has 106 valence electrons. The summed E-state index contributed by atoms with van der Waals surface area (Å²) in [6.45, 7) is 3.41. The minimum absolute atomic E-state index is 0.353. The maximum Gasteiger partial charge on any atom is 0.233 e. The van der Waals surface area contributed by atoms with E-state index in [9.17, 15) is 5.26 Å². The van der Waals surface area contributed by atoms with Crippen LogP contribution in [0.3, 0.4) is 0 Å². The third-order valence-electron chi connectivity index (χ3n) is 3.56. The molecule has 0 radical (unpaired) electrons. The van der Waals surface area contributed by atoms with Crippen molar-refractivity contribution < 1.29 is 4.74 Å². The van der Waals surface area contributed by atoms with E-state index in [1.54, 1.807) is 6.20 Å². The smallest absolute Gasteiger partial charge is 0.233 e. The highest BCUT2D eigenvalue weighted by atomic mass is 16.5. The summed E-state index contributed by atoms with van der Waals surface area (Å²) in [7, 11) is 1.52. The monoisotopic (exact) mass is 281 g/mol. The van der Waals surface area contributed by atoms with E-state index >= 15 is 0 Å². The van der Waals surface area contributed by atoms with Gasteiger partial charge in [0.05, 0.1) is 25.0 Å². The van der Waals surface area contributed by atoms with Crippen LogP contribution in [0, 0.1) is 11.3 Å². The van der Waals surface area contributed by atoms with Gasteiger partial charge in [-0.15, -0.1) is 0 Å². The Morgan fingerprint density at radius 3 is 2.95 bits per heavy atom. The zero-order valence-electron chi connectivity index (χ0n) is 12.0. The summed E-state index contributed by atoms with van der Waals surface area (Å²) in [6.07, 6.45) is 4.35. The normalized spacial score (nSPS) is 12.9. The number of hydrogen-bond acceptors (Lipinski definition) is 6. The largest absolute Gasteiger partial charge is 0.480 e. The molecule has 0 saturated carbocycles. The van der Waals surface area contributed by atoms with Gasteiger partial charge in [0.25, 0.3) is 0 Å². The van der Waals surface area contributed by atoms with Crippen molar-refractivity contribution in [3.05, 3.63) is 41.1 Å². The predicted molar refractivity (Wildman–Crippen MR) is 76.8 cm³/mol. The highest BCUT2D eigenvalue weighted by Crippen LogP contribution is 2.32. The first kappa shape index (κ1) is 13.3. The molecule has 1 aliphatic rings. The summed E-state index contributed by atoms with van der Waals surface area (Å²) in [5.74, 6) is 1.20. The Labute approximate surface area is 123 Å². The van der Waals surface area contributed by atoms with Crippen LogP contribution < -0.4 is 9.64 Å². The van der Waals surface area contributed by atoms with Crippen LogP contribution in [0.15, 0.2) is 18.5 Å². The van der Waals surface area contributed by atoms with Crippen LogP contribution in [0.1, 0.15) is 29.6 Å². The van der Waals surface area contributed by atoms with Crippen molar-refractivity contribution in [3.63, 3.8) is 0 Å². The minimum atomic E-state index is 0.353. The van der Waals surface area contributed by atoms with Gasteiger partial charge in [-0.05, 0) is 6.07 Å². The van der Waals surface area contributed by atoms with Gasteiger partial charge in [-0.25, -0.2) is 15.0 Å². The zero-order chi connectivity index (χ0) is 14.8. The fourth-order valence-electron chi connectivity index (χ4n) is 2.49. The molecule has 6 nitrogen and oxygen atoms in total. The number of aromatic nitrogens is 3. The summed E-state index contributed by atoms with van der Waals surface area (Å²) in [6, 6.07) is 4.01. The molecule has 0 unspecified atom stereocenters. The molecule has 6 heteroatoms. The SMILES string of the molecule is CCc1ncc2c(n1)CN(c1ccnc(OC)c1C#N)C2. The molecule has 0 spiro atoms. The molecule has 3 heterocycles. The summed E-state index contributed by atoms with van der Waals surface area (Å²) in [4.78, 5) is 15.1. The quantitative estimate of drug-likeness (QED) is 0.854. The Hall–Kier alpha value is -2.68. The van der Waals surface area contributed by atoms with Crippen LogP contribution in [0.2, 0.25) is 0 Å². The number of hydrogen-bond donors (Lipinski definition) is 0. The number of nitrogens with zero attached hydrogens (tertiary/aromatic N) is 5. The number of anilines is 1. The Kier molecular flexibility index (Phi) is 3.40. The number of pyridine rings is 1. The molecule has 0 N–H and O–H groups in total. The molecule has 2 aromatic heterocycles. The summed E-state index contributed by atoms with van der Waals surface area (Å²) < 4.78 is 5.16. The first-order valence-electron chi connectivity index (χ1n) is 6.78. The highest BCUT2D eigenvalue weighted by Gasteiger charge is 2.24. The van der Waals surface area contributed by atoms with Crippen molar-refractivity contribution in [1.29, 1.82) is 5.26 Å². The summed E-state index contributed by atoms with van der Waals surface area (Å²) >= 11 is 0. The van der Waals surface area contributed by atoms with Gasteiger partial charge in [-0.1, -0.05) is 6.92 Å². The van der Waals surface area contributed by atoms with Crippen LogP contribution in [-0.2, 0) is 19.5 Å². The van der Waals surface area contributed by atoms with Crippen molar-refractivity contribution in [2.45, 2.75) is 26.4 Å². The van der Waals surface area contributed by atoms with E-state index in [1.165, 1.54) is 7.11 Å². The number of aryl methyl sites for hydroxylation is 1. The molecular weight excluding hydrogens is 266 g/mol. The van der Waals surface area contributed by atoms with E-state index in [1.807, 2.05) is 19.2 Å². The van der Waals surface area contributed by atoms with E-state index in [2.05, 4.69) is 25.9 Å². The van der Waals surface area contributed by atoms with Crippen LogP contribution in [0.25, 0.3) is 0 Å². The molecule has 1 aliphatic heterocycles. The van der Waals surface area contributed by atoms with Gasteiger partial charge in [0.2, 0.25) is 5.88 Å². The molecule has 0 fully saturated rings. The maximum absolute atomic E-state index is 9.37. The van der Waals surface area contributed by atoms with Gasteiger partial charge in [-0.3, -0.25) is 0 Å². The third-order valence-corrected chi connectivity index (χ3v) is 3.56. The lowest BCUT2D eigenvalue weighted by molar-refractivity contribution is 0.396. The second-order valence-electron chi connectivity index (χ2n) is 4.79. The highest BCUT2D eigenvalue weighted by molar-refractivity contribution is 5.64. The molecule has 0 saturated heterocycles. The number of methoxy groups -OCH3 is 1. The van der Waals surface area contributed by atoms with Crippen LogP contribution >= 0.6 is 0 Å². The Bertz CT molecular complexity index is 722. The lowest BCUT2D eigenvalue weighted by Crippen LogP contribution is -2.16. The van der Waals surface area contributed by atoms with Crippen molar-refractivity contribution in [3.8, 4) is 11.9 Å². The zero-order valence-corrected chi connectivity index (χ0v) is 12.0. The lowest BCUT2D eigenvalue weighted by atomic mass is 10.2. The summed E-state index contributed by atoms with van der Waals surface area (Å²) in [5, 5.41) is 9.37. The van der Waals surface area contributed by atoms with Crippen molar-refractivity contribution in [2.24, 2.45) is 0 Å². The van der Waals surface area contributed by atoms with E-state index in [-0.39, 0.29) is 0 Å². The Morgan fingerprint density at radius 2 is 2.24 bits per heavy atom. The lowest BCUT2D eigenvalue weighted by Gasteiger charge is -2.19. The molecular formula is C15H15N5O. The maximum atomic E-state index is 9.37. The molecule has 21 heavy (non-hydrogen) atoms. The molecule has 0 amide bonds. The van der Waals surface area contributed by atoms with Crippen molar-refractivity contribution in [2.75, 3.05) is 12.0 Å². The average Bonchev–Trinajstić information content (AvgIpc) is 2.96. The van der Waals surface area contributed by atoms with Gasteiger partial charge < -0.3 is 9.64 Å². The standard InChI is InChI=1S/C15H15N5O/c1-3-14-18-7-10-8-20(9-12(10)19-14)13-4-5-17-15(21-2)11(13)6-16/h4-5,7H,3,8-9H2,1-2H3. The molecule has 2 aromatic rings. The molecule has 0 bridgehead atoms. The second kappa shape index (κ2) is 5.37. The van der Waals surface area contributed by atoms with Crippen molar-refractivity contribution >= 4 is 5.69 Å².